The predicted octanol–water partition coefficient (Wildman–Crippen LogP) is 5.92. The minimum atomic E-state index is -4.47. The largest absolute Gasteiger partial charge is 0.416 e. The van der Waals surface area contributed by atoms with Gasteiger partial charge in [0.15, 0.2) is 0 Å². The molecule has 0 radical (unpaired) electrons. The molecule has 2 atom stereocenters. The van der Waals surface area contributed by atoms with E-state index in [1.807, 2.05) is 50.8 Å². The molecule has 9 heteroatoms. The maximum atomic E-state index is 13.6. The molecule has 2 aromatic rings. The van der Waals surface area contributed by atoms with Gasteiger partial charge in [-0.15, -0.1) is 0 Å². The summed E-state index contributed by atoms with van der Waals surface area (Å²) < 4.78 is 40.9. The third-order valence-corrected chi connectivity index (χ3v) is 7.44. The van der Waals surface area contributed by atoms with E-state index < -0.39 is 11.7 Å². The molecule has 6 nitrogen and oxygen atoms in total. The lowest BCUT2D eigenvalue weighted by atomic mass is 10.0. The van der Waals surface area contributed by atoms with Crippen LogP contribution in [0.4, 0.5) is 19.0 Å². The number of carbonyl (C=O) groups is 1. The van der Waals surface area contributed by atoms with E-state index in [9.17, 15) is 22.8 Å². The van der Waals surface area contributed by atoms with Gasteiger partial charge in [0.2, 0.25) is 5.91 Å². The summed E-state index contributed by atoms with van der Waals surface area (Å²) >= 11 is 0. The summed E-state index contributed by atoms with van der Waals surface area (Å²) in [6.45, 7) is 9.12. The van der Waals surface area contributed by atoms with E-state index in [2.05, 4.69) is 11.4 Å². The minimum Gasteiger partial charge on any atom is -0.356 e. The van der Waals surface area contributed by atoms with Crippen molar-refractivity contribution in [1.82, 2.24) is 14.9 Å². The van der Waals surface area contributed by atoms with Gasteiger partial charge in [0.05, 0.1) is 11.3 Å². The van der Waals surface area contributed by atoms with Crippen LogP contribution >= 0.6 is 0 Å². The van der Waals surface area contributed by atoms with Crippen molar-refractivity contribution < 1.29 is 18.0 Å². The van der Waals surface area contributed by atoms with Crippen LogP contribution in [0, 0.1) is 11.8 Å². The molecule has 0 bridgehead atoms. The fourth-order valence-corrected chi connectivity index (χ4v) is 4.89. The summed E-state index contributed by atoms with van der Waals surface area (Å²) in [4.78, 5) is 32.8. The summed E-state index contributed by atoms with van der Waals surface area (Å²) in [5.74, 6) is 1.08. The zero-order chi connectivity index (χ0) is 28.3. The van der Waals surface area contributed by atoms with Crippen molar-refractivity contribution in [2.24, 2.45) is 11.8 Å². The Morgan fingerprint density at radius 3 is 2.46 bits per heavy atom. The molecule has 208 valence electrons. The Labute approximate surface area is 226 Å². The molecule has 4 rings (SSSR count). The van der Waals surface area contributed by atoms with Crippen molar-refractivity contribution in [3.05, 3.63) is 82.0 Å². The van der Waals surface area contributed by atoms with Crippen molar-refractivity contribution >= 4 is 17.3 Å². The van der Waals surface area contributed by atoms with Crippen molar-refractivity contribution in [1.29, 1.82) is 0 Å². The van der Waals surface area contributed by atoms with Crippen molar-refractivity contribution in [2.45, 2.75) is 59.2 Å². The lowest BCUT2D eigenvalue weighted by molar-refractivity contribution is -0.137. The van der Waals surface area contributed by atoms with Crippen LogP contribution < -0.4 is 15.8 Å². The van der Waals surface area contributed by atoms with Crippen LogP contribution in [0.15, 0.2) is 65.0 Å². The van der Waals surface area contributed by atoms with Crippen LogP contribution in [0.1, 0.15) is 58.3 Å². The SMILES string of the molecule is CCC(C)C(=O)NC1CCN(c2cc(=O)n(-c3ccc(C(F)(F)F)cc3)c(C3=CC=C[C@@H](C)C=C3C)n2)CC1. The van der Waals surface area contributed by atoms with Gasteiger partial charge < -0.3 is 10.2 Å². The highest BCUT2D eigenvalue weighted by molar-refractivity contribution is 5.79. The molecule has 1 aromatic carbocycles. The Morgan fingerprint density at radius 1 is 1.18 bits per heavy atom. The fourth-order valence-electron chi connectivity index (χ4n) is 4.89. The van der Waals surface area contributed by atoms with Crippen LogP contribution in [-0.2, 0) is 11.0 Å². The molecular weight excluding hydrogens is 505 g/mol. The second kappa shape index (κ2) is 11.6. The highest BCUT2D eigenvalue weighted by Crippen LogP contribution is 2.31. The number of hydrogen-bond acceptors (Lipinski definition) is 4. The second-order valence-corrected chi connectivity index (χ2v) is 10.4. The van der Waals surface area contributed by atoms with E-state index in [0.717, 1.165) is 42.5 Å². The number of anilines is 1. The molecule has 1 unspecified atom stereocenters. The van der Waals surface area contributed by atoms with Crippen LogP contribution in [0.5, 0.6) is 0 Å². The van der Waals surface area contributed by atoms with Crippen LogP contribution in [-0.4, -0.2) is 34.6 Å². The van der Waals surface area contributed by atoms with Gasteiger partial charge in [-0.3, -0.25) is 14.2 Å². The molecule has 1 fully saturated rings. The smallest absolute Gasteiger partial charge is 0.356 e. The number of benzene rings is 1. The van der Waals surface area contributed by atoms with Gasteiger partial charge in [-0.05, 0) is 61.9 Å². The van der Waals surface area contributed by atoms with Gasteiger partial charge in [0.25, 0.3) is 5.56 Å². The van der Waals surface area contributed by atoms with Crippen LogP contribution in [0.3, 0.4) is 0 Å². The normalized spacial score (nSPS) is 19.3. The third kappa shape index (κ3) is 6.52. The highest BCUT2D eigenvalue weighted by Gasteiger charge is 2.30. The summed E-state index contributed by atoms with van der Waals surface area (Å²) in [5.41, 5.74) is 0.796. The average molecular weight is 541 g/mol. The van der Waals surface area contributed by atoms with E-state index in [1.54, 1.807) is 0 Å². The summed E-state index contributed by atoms with van der Waals surface area (Å²) in [6, 6.07) is 6.06. The average Bonchev–Trinajstić information content (AvgIpc) is 3.07. The number of allylic oxidation sites excluding steroid dienone is 6. The number of nitrogens with one attached hydrogen (secondary N) is 1. The number of carbonyl (C=O) groups excluding carboxylic acids is 1. The molecule has 0 saturated carbocycles. The first kappa shape index (κ1) is 28.4. The minimum absolute atomic E-state index is 0.0362. The van der Waals surface area contributed by atoms with Crippen LogP contribution in [0.2, 0.25) is 0 Å². The maximum Gasteiger partial charge on any atom is 0.416 e. The standard InChI is InChI=1S/C30H35F3N4O2/c1-5-20(3)29(39)34-23-13-15-36(16-14-23)26-18-27(38)37(24-11-9-22(10-12-24)30(31,32)33)28(35-26)25-8-6-7-19(2)17-21(25)4/h6-12,17-20,23H,5,13-16H2,1-4H3,(H,34,39)/t19-,20?/m1/s1. The molecule has 39 heavy (non-hydrogen) atoms. The number of nitrogens with zero attached hydrogens (tertiary/aromatic N) is 3. The van der Waals surface area contributed by atoms with E-state index >= 15 is 0 Å². The number of rotatable bonds is 6. The second-order valence-electron chi connectivity index (χ2n) is 10.4. The number of halogens is 3. The highest BCUT2D eigenvalue weighted by atomic mass is 19.4. The Hall–Kier alpha value is -3.62. The Kier molecular flexibility index (Phi) is 8.47. The Balaban J connectivity index is 1.70. The third-order valence-electron chi connectivity index (χ3n) is 7.44. The molecular formula is C30H35F3N4O2. The molecule has 2 heterocycles. The van der Waals surface area contributed by atoms with Crippen LogP contribution in [0.25, 0.3) is 11.3 Å². The molecule has 2 aliphatic rings. The Bertz CT molecular complexity index is 1350. The molecule has 1 aliphatic heterocycles. The first-order valence-corrected chi connectivity index (χ1v) is 13.4. The fraction of sp³-hybridized carbons (Fsp3) is 0.433. The molecule has 1 aliphatic carbocycles. The van der Waals surface area contributed by atoms with Gasteiger partial charge in [0, 0.05) is 36.7 Å². The quantitative estimate of drug-likeness (QED) is 0.494. The van der Waals surface area contributed by atoms with Gasteiger partial charge in [-0.1, -0.05) is 45.1 Å². The van der Waals surface area contributed by atoms with Gasteiger partial charge in [0.1, 0.15) is 11.6 Å². The summed E-state index contributed by atoms with van der Waals surface area (Å²) in [7, 11) is 0. The lowest BCUT2D eigenvalue weighted by Gasteiger charge is -2.34. The first-order valence-electron chi connectivity index (χ1n) is 13.4. The van der Waals surface area contributed by atoms with Gasteiger partial charge >= 0.3 is 6.18 Å². The summed E-state index contributed by atoms with van der Waals surface area (Å²) in [6.07, 6.45) is 5.65. The predicted molar refractivity (Wildman–Crippen MR) is 148 cm³/mol. The van der Waals surface area contributed by atoms with E-state index in [4.69, 9.17) is 4.98 Å². The van der Waals surface area contributed by atoms with Gasteiger partial charge in [-0.2, -0.15) is 13.2 Å². The number of hydrogen-bond donors (Lipinski definition) is 1. The topological polar surface area (TPSA) is 67.2 Å². The van der Waals surface area contributed by atoms with Crippen molar-refractivity contribution in [3.8, 4) is 5.69 Å². The molecule has 0 spiro atoms. The number of amides is 1. The van der Waals surface area contributed by atoms with Crippen molar-refractivity contribution in [2.75, 3.05) is 18.0 Å². The van der Waals surface area contributed by atoms with Gasteiger partial charge in [-0.25, -0.2) is 4.98 Å². The van der Waals surface area contributed by atoms with E-state index in [-0.39, 0.29) is 29.3 Å². The zero-order valence-electron chi connectivity index (χ0n) is 22.8. The number of aromatic nitrogens is 2. The van der Waals surface area contributed by atoms with E-state index in [1.165, 1.54) is 22.8 Å². The van der Waals surface area contributed by atoms with E-state index in [0.29, 0.717) is 30.4 Å². The zero-order valence-corrected chi connectivity index (χ0v) is 22.8. The monoisotopic (exact) mass is 540 g/mol. The Morgan fingerprint density at radius 2 is 1.85 bits per heavy atom. The molecule has 1 amide bonds. The maximum absolute atomic E-state index is 13.6. The molecule has 1 saturated heterocycles. The molecule has 1 N–H and O–H groups in total. The molecule has 1 aromatic heterocycles. The summed E-state index contributed by atoms with van der Waals surface area (Å²) in [5, 5.41) is 3.12. The lowest BCUT2D eigenvalue weighted by Crippen LogP contribution is -2.46. The van der Waals surface area contributed by atoms with Crippen molar-refractivity contribution in [3.63, 3.8) is 0 Å². The number of piperidine rings is 1. The first-order chi connectivity index (χ1) is 18.5. The number of alkyl halides is 3.